The number of carbonyl (C=O) groups is 3. The summed E-state index contributed by atoms with van der Waals surface area (Å²) in [7, 11) is 0. The summed E-state index contributed by atoms with van der Waals surface area (Å²) in [5.74, 6) is -5.09. The monoisotopic (exact) mass is 685 g/mol. The molecule has 20 nitrogen and oxygen atoms in total. The Balaban J connectivity index is 1.71. The van der Waals surface area contributed by atoms with Crippen LogP contribution < -0.4 is 21.3 Å². The minimum absolute atomic E-state index is 0.0387. The summed E-state index contributed by atoms with van der Waals surface area (Å²) < 4.78 is 4.40. The zero-order valence-corrected chi connectivity index (χ0v) is 25.6. The highest BCUT2D eigenvalue weighted by atomic mass is 32.2. The summed E-state index contributed by atoms with van der Waals surface area (Å²) in [6.45, 7) is 1.75. The van der Waals surface area contributed by atoms with E-state index in [0.717, 1.165) is 4.90 Å². The molecule has 0 fully saturated rings. The number of phenolic OH excluding ortho intramolecular Hbond substituents is 1. The SMILES string of the molecule is CC(Nc1nc(Nc2ccc(N=Nc3c(N)ccc4cc(SOOO)cc(O)c34)c(C(=O)O)c2)nc(N(CO)C(C)C(=O)O)n1)C(=O)O. The first-order chi connectivity index (χ1) is 22.8. The fourth-order valence-corrected chi connectivity index (χ4v) is 4.53. The van der Waals surface area contributed by atoms with E-state index in [-0.39, 0.29) is 57.3 Å². The maximum atomic E-state index is 12.2. The zero-order chi connectivity index (χ0) is 35.1. The number of fused-ring (bicyclic) bond motifs is 1. The Kier molecular flexibility index (Phi) is 11.0. The number of nitrogens with zero attached hydrogens (tertiary/aromatic N) is 6. The van der Waals surface area contributed by atoms with E-state index in [2.05, 4.69) is 45.2 Å². The van der Waals surface area contributed by atoms with Crippen LogP contribution in [0.2, 0.25) is 0 Å². The number of nitrogen functional groups attached to an aromatic ring is 1. The molecule has 21 heteroatoms. The number of aromatic hydroxyl groups is 1. The number of phenols is 1. The highest BCUT2D eigenvalue weighted by molar-refractivity contribution is 7.94. The topological polar surface area (TPSA) is 308 Å². The first-order valence-corrected chi connectivity index (χ1v) is 14.2. The molecule has 4 aromatic rings. The van der Waals surface area contributed by atoms with Crippen molar-refractivity contribution in [3.63, 3.8) is 0 Å². The molecule has 0 spiro atoms. The second kappa shape index (κ2) is 15.1. The van der Waals surface area contributed by atoms with Crippen molar-refractivity contribution in [2.75, 3.05) is 28.0 Å². The van der Waals surface area contributed by atoms with E-state index >= 15 is 0 Å². The van der Waals surface area contributed by atoms with Gasteiger partial charge in [-0.1, -0.05) is 11.1 Å². The van der Waals surface area contributed by atoms with Gasteiger partial charge >= 0.3 is 17.9 Å². The van der Waals surface area contributed by atoms with Gasteiger partial charge in [-0.3, -0.25) is 4.79 Å². The molecule has 3 aromatic carbocycles. The number of hydrogen-bond donors (Lipinski definition) is 9. The van der Waals surface area contributed by atoms with Crippen LogP contribution in [0.1, 0.15) is 24.2 Å². The molecule has 10 N–H and O–H groups in total. The van der Waals surface area contributed by atoms with E-state index in [1.54, 1.807) is 12.1 Å². The molecule has 0 aliphatic carbocycles. The molecule has 252 valence electrons. The molecular weight excluding hydrogens is 658 g/mol. The van der Waals surface area contributed by atoms with Crippen LogP contribution in [0.5, 0.6) is 5.75 Å². The number of aromatic carboxylic acids is 1. The van der Waals surface area contributed by atoms with Gasteiger partial charge in [0.05, 0.1) is 28.7 Å². The maximum Gasteiger partial charge on any atom is 0.338 e. The van der Waals surface area contributed by atoms with E-state index in [9.17, 15) is 39.9 Å². The molecule has 1 heterocycles. The van der Waals surface area contributed by atoms with E-state index in [4.69, 9.17) is 11.0 Å². The predicted molar refractivity (Wildman–Crippen MR) is 169 cm³/mol. The number of rotatable bonds is 15. The molecule has 48 heavy (non-hydrogen) atoms. The van der Waals surface area contributed by atoms with Crippen molar-refractivity contribution in [3.8, 4) is 5.75 Å². The number of nitrogens with one attached hydrogen (secondary N) is 2. The summed E-state index contributed by atoms with van der Waals surface area (Å²) in [5.41, 5.74) is 5.92. The number of aliphatic hydroxyl groups excluding tert-OH is 1. The molecule has 0 bridgehead atoms. The van der Waals surface area contributed by atoms with Crippen molar-refractivity contribution in [3.05, 3.63) is 48.0 Å². The number of benzene rings is 3. The lowest BCUT2D eigenvalue weighted by molar-refractivity contribution is -0.432. The van der Waals surface area contributed by atoms with Gasteiger partial charge in [-0.2, -0.15) is 15.0 Å². The maximum absolute atomic E-state index is 12.2. The van der Waals surface area contributed by atoms with Crippen molar-refractivity contribution in [1.29, 1.82) is 0 Å². The lowest BCUT2D eigenvalue weighted by atomic mass is 10.1. The van der Waals surface area contributed by atoms with Gasteiger partial charge in [-0.05, 0) is 55.6 Å². The van der Waals surface area contributed by atoms with Gasteiger partial charge < -0.3 is 46.8 Å². The highest BCUT2D eigenvalue weighted by Gasteiger charge is 2.25. The Morgan fingerprint density at radius 3 is 2.38 bits per heavy atom. The van der Waals surface area contributed by atoms with Crippen LogP contribution in [0, 0.1) is 0 Å². The number of carboxylic acid groups (broad SMARTS) is 3. The van der Waals surface area contributed by atoms with Crippen LogP contribution in [0.25, 0.3) is 10.8 Å². The summed E-state index contributed by atoms with van der Waals surface area (Å²) in [6, 6.07) is 7.37. The molecule has 0 amide bonds. The molecule has 4 rings (SSSR count). The number of hydrogen-bond acceptors (Lipinski definition) is 18. The number of aliphatic carboxylic acids is 2. The van der Waals surface area contributed by atoms with Crippen LogP contribution >= 0.6 is 12.0 Å². The smallest absolute Gasteiger partial charge is 0.338 e. The average Bonchev–Trinajstić information content (AvgIpc) is 3.03. The van der Waals surface area contributed by atoms with E-state index in [0.29, 0.717) is 22.3 Å². The normalized spacial score (nSPS) is 12.5. The van der Waals surface area contributed by atoms with Gasteiger partial charge in [0.15, 0.2) is 0 Å². The Bertz CT molecular complexity index is 1900. The molecule has 1 aromatic heterocycles. The van der Waals surface area contributed by atoms with E-state index in [1.807, 2.05) is 0 Å². The van der Waals surface area contributed by atoms with Gasteiger partial charge in [0.25, 0.3) is 0 Å². The molecule has 0 saturated heterocycles. The number of azo groups is 1. The number of nitrogens with two attached hydrogens (primary N) is 1. The lowest BCUT2D eigenvalue weighted by Crippen LogP contribution is -2.41. The van der Waals surface area contributed by atoms with E-state index < -0.39 is 36.7 Å². The van der Waals surface area contributed by atoms with Gasteiger partial charge in [0, 0.05) is 10.6 Å². The molecule has 0 radical (unpaired) electrons. The summed E-state index contributed by atoms with van der Waals surface area (Å²) in [5, 5.41) is 75.3. The van der Waals surface area contributed by atoms with Crippen molar-refractivity contribution in [2.45, 2.75) is 30.8 Å². The zero-order valence-electron chi connectivity index (χ0n) is 24.8. The van der Waals surface area contributed by atoms with E-state index in [1.165, 1.54) is 44.2 Å². The minimum atomic E-state index is -1.40. The Morgan fingerprint density at radius 1 is 1.00 bits per heavy atom. The third-order valence-corrected chi connectivity index (χ3v) is 7.11. The second-order valence-electron chi connectivity index (χ2n) is 9.74. The number of carboxylic acids is 3. The van der Waals surface area contributed by atoms with Crippen LogP contribution in [0.4, 0.5) is 40.6 Å². The quantitative estimate of drug-likeness (QED) is 0.0215. The number of aromatic nitrogens is 3. The fraction of sp³-hybridized carbons (Fsp3) is 0.185. The first kappa shape index (κ1) is 35.0. The third kappa shape index (κ3) is 8.09. The van der Waals surface area contributed by atoms with Crippen molar-refractivity contribution in [2.24, 2.45) is 10.2 Å². The minimum Gasteiger partial charge on any atom is -0.507 e. The summed E-state index contributed by atoms with van der Waals surface area (Å²) in [6.07, 6.45) is 0. The lowest BCUT2D eigenvalue weighted by Gasteiger charge is -2.24. The molecule has 0 saturated carbocycles. The van der Waals surface area contributed by atoms with Crippen LogP contribution in [-0.4, -0.2) is 82.5 Å². The van der Waals surface area contributed by atoms with Crippen LogP contribution in [0.3, 0.4) is 0 Å². The van der Waals surface area contributed by atoms with Crippen LogP contribution in [-0.2, 0) is 19.0 Å². The molecule has 2 unspecified atom stereocenters. The third-order valence-electron chi connectivity index (χ3n) is 6.55. The largest absolute Gasteiger partial charge is 0.507 e. The van der Waals surface area contributed by atoms with Gasteiger partial charge in [0.1, 0.15) is 35.9 Å². The number of anilines is 5. The first-order valence-electron chi connectivity index (χ1n) is 13.4. The van der Waals surface area contributed by atoms with Crippen molar-refractivity contribution >= 4 is 81.3 Å². The Morgan fingerprint density at radius 2 is 1.73 bits per heavy atom. The van der Waals surface area contributed by atoms with Crippen LogP contribution in [0.15, 0.2) is 57.6 Å². The van der Waals surface area contributed by atoms with Gasteiger partial charge in [0.2, 0.25) is 17.8 Å². The van der Waals surface area contributed by atoms with Gasteiger partial charge in [-0.15, -0.1) is 14.6 Å². The Labute approximate surface area is 273 Å². The fourth-order valence-electron chi connectivity index (χ4n) is 4.09. The highest BCUT2D eigenvalue weighted by Crippen LogP contribution is 2.41. The van der Waals surface area contributed by atoms with Crippen molar-refractivity contribution < 1.29 is 54.5 Å². The average molecular weight is 686 g/mol. The predicted octanol–water partition coefficient (Wildman–Crippen LogP) is 3.71. The summed E-state index contributed by atoms with van der Waals surface area (Å²) >= 11 is 0.621. The molecule has 0 aliphatic rings. The Hall–Kier alpha value is -5.87. The second-order valence-corrected chi connectivity index (χ2v) is 10.5. The molecule has 0 aliphatic heterocycles. The molecule has 2 atom stereocenters. The van der Waals surface area contributed by atoms with Gasteiger partial charge in [-0.25, -0.2) is 14.8 Å². The standard InChI is InChI=1S/C27H27N9O11S/c1-11(22(39)40)29-25-31-26(33-27(32-25)36(10-37)12(2)23(41)42)30-14-4-6-18(16(8-14)24(43)44)34-35-21-17(28)5-3-13-7-15(48-47-46-45)9-19(38)20(13)21/h3-9,11-12,37-38,45H,10,28H2,1-2H3,(H,39,40)(H,41,42)(H,43,44)(H2,29,30,31,32,33). The number of aliphatic hydroxyl groups is 1. The van der Waals surface area contributed by atoms with Crippen molar-refractivity contribution in [1.82, 2.24) is 15.0 Å². The summed E-state index contributed by atoms with van der Waals surface area (Å²) in [4.78, 5) is 48.7. The molecular formula is C27H27N9O11S.